The summed E-state index contributed by atoms with van der Waals surface area (Å²) in [6.07, 6.45) is 0.104. The quantitative estimate of drug-likeness (QED) is 0.205. The molecule has 0 bridgehead atoms. The number of ether oxygens (including phenoxy) is 1. The van der Waals surface area contributed by atoms with Gasteiger partial charge < -0.3 is 37.7 Å². The normalized spacial score (nSPS) is 19.5. The van der Waals surface area contributed by atoms with Crippen LogP contribution in [0.4, 0.5) is 17.5 Å². The smallest absolute Gasteiger partial charge is 0.323 e. The number of hydrogen-bond donors (Lipinski definition) is 7. The zero-order valence-corrected chi connectivity index (χ0v) is 14.7. The first-order chi connectivity index (χ1) is 12.3. The third-order valence-corrected chi connectivity index (χ3v) is 4.22. The van der Waals surface area contributed by atoms with E-state index in [1.54, 1.807) is 6.92 Å². The molecule has 2 heterocycles. The van der Waals surface area contributed by atoms with Gasteiger partial charge in [-0.2, -0.15) is 4.98 Å². The Bertz CT molecular complexity index is 680. The van der Waals surface area contributed by atoms with E-state index >= 15 is 0 Å². The van der Waals surface area contributed by atoms with Crippen LogP contribution in [-0.2, 0) is 9.53 Å². The van der Waals surface area contributed by atoms with Crippen molar-refractivity contribution in [2.45, 2.75) is 50.5 Å². The van der Waals surface area contributed by atoms with Crippen molar-refractivity contribution in [1.29, 1.82) is 0 Å². The summed E-state index contributed by atoms with van der Waals surface area (Å²) in [4.78, 5) is 30.3. The largest absolute Gasteiger partial charge is 0.459 e. The van der Waals surface area contributed by atoms with Crippen molar-refractivity contribution in [2.24, 2.45) is 11.5 Å². The number of nitrogens with zero attached hydrogens (tertiary/aromatic N) is 1. The average molecular weight is 369 g/mol. The highest BCUT2D eigenvalue weighted by Gasteiger charge is 2.32. The second-order valence-electron chi connectivity index (χ2n) is 6.33. The zero-order chi connectivity index (χ0) is 19.3. The van der Waals surface area contributed by atoms with Crippen molar-refractivity contribution >= 4 is 23.4 Å². The maximum absolute atomic E-state index is 12.0. The summed E-state index contributed by atoms with van der Waals surface area (Å²) in [7, 11) is 0. The van der Waals surface area contributed by atoms with E-state index in [2.05, 4.69) is 20.6 Å². The lowest BCUT2D eigenvalue weighted by Crippen LogP contribution is -2.50. The Kier molecular flexibility index (Phi) is 6.77. The minimum atomic E-state index is -1.06. The van der Waals surface area contributed by atoms with E-state index in [0.29, 0.717) is 18.8 Å². The van der Waals surface area contributed by atoms with Gasteiger partial charge in [0.25, 0.3) is 5.56 Å². The number of hydrogen-bond acceptors (Lipinski definition) is 10. The maximum Gasteiger partial charge on any atom is 0.323 e. The number of unbranched alkanes of at least 4 members (excludes halogenated alkanes) is 1. The highest BCUT2D eigenvalue weighted by Crippen LogP contribution is 2.22. The van der Waals surface area contributed by atoms with Gasteiger partial charge in [-0.1, -0.05) is 6.42 Å². The third kappa shape index (κ3) is 4.84. The standard InChI is InChI=1S/C15H27N7O4/c1-7(26-14(25)8(17)4-2-3-5-16)11(23)9-6-19-12-10(20-9)13(24)22-15(18)21-12/h7-9,11,20,23H,2-6,16-17H2,1H3,(H4,18,19,21,22,24). The number of anilines is 3. The van der Waals surface area contributed by atoms with E-state index in [-0.39, 0.29) is 18.2 Å². The lowest BCUT2D eigenvalue weighted by molar-refractivity contribution is -0.155. The third-order valence-electron chi connectivity index (χ3n) is 4.22. The molecule has 4 unspecified atom stereocenters. The molecule has 11 nitrogen and oxygen atoms in total. The van der Waals surface area contributed by atoms with Gasteiger partial charge in [0.2, 0.25) is 5.95 Å². The number of carbonyl (C=O) groups excluding carboxylic acids is 1. The van der Waals surface area contributed by atoms with Crippen molar-refractivity contribution in [1.82, 2.24) is 9.97 Å². The van der Waals surface area contributed by atoms with Crippen LogP contribution in [0.3, 0.4) is 0 Å². The van der Waals surface area contributed by atoms with Crippen molar-refractivity contribution in [3.63, 3.8) is 0 Å². The molecule has 10 N–H and O–H groups in total. The van der Waals surface area contributed by atoms with Crippen LogP contribution in [0.2, 0.25) is 0 Å². The predicted octanol–water partition coefficient (Wildman–Crippen LogP) is -1.69. The highest BCUT2D eigenvalue weighted by molar-refractivity contribution is 5.75. The van der Waals surface area contributed by atoms with Crippen LogP contribution in [0.15, 0.2) is 4.79 Å². The number of fused-ring (bicyclic) bond motifs is 1. The minimum absolute atomic E-state index is 0.00651. The first kappa shape index (κ1) is 19.9. The fourth-order valence-electron chi connectivity index (χ4n) is 2.70. The zero-order valence-electron chi connectivity index (χ0n) is 14.7. The summed E-state index contributed by atoms with van der Waals surface area (Å²) in [5, 5.41) is 16.3. The van der Waals surface area contributed by atoms with E-state index in [0.717, 1.165) is 12.8 Å². The Morgan fingerprint density at radius 3 is 2.88 bits per heavy atom. The second kappa shape index (κ2) is 8.83. The van der Waals surface area contributed by atoms with E-state index in [4.69, 9.17) is 21.9 Å². The van der Waals surface area contributed by atoms with Gasteiger partial charge in [0, 0.05) is 6.54 Å². The number of carbonyl (C=O) groups is 1. The molecule has 0 spiro atoms. The van der Waals surface area contributed by atoms with Crippen LogP contribution in [0.5, 0.6) is 0 Å². The van der Waals surface area contributed by atoms with Crippen LogP contribution in [0.1, 0.15) is 26.2 Å². The Labute approximate surface area is 150 Å². The predicted molar refractivity (Wildman–Crippen MR) is 97.6 cm³/mol. The molecule has 1 aromatic heterocycles. The van der Waals surface area contributed by atoms with Crippen LogP contribution in [0, 0.1) is 0 Å². The van der Waals surface area contributed by atoms with Crippen LogP contribution in [0.25, 0.3) is 0 Å². The summed E-state index contributed by atoms with van der Waals surface area (Å²) >= 11 is 0. The van der Waals surface area contributed by atoms with Gasteiger partial charge in [0.1, 0.15) is 23.9 Å². The number of H-pyrrole nitrogens is 1. The summed E-state index contributed by atoms with van der Waals surface area (Å²) < 4.78 is 5.26. The molecule has 1 aliphatic heterocycles. The number of nitrogens with one attached hydrogen (secondary N) is 3. The minimum Gasteiger partial charge on any atom is -0.459 e. The van der Waals surface area contributed by atoms with Gasteiger partial charge in [-0.25, -0.2) is 0 Å². The molecule has 1 aromatic rings. The van der Waals surface area contributed by atoms with Crippen molar-refractivity contribution in [3.8, 4) is 0 Å². The molecule has 11 heteroatoms. The molecular weight excluding hydrogens is 342 g/mol. The van der Waals surface area contributed by atoms with E-state index in [1.165, 1.54) is 0 Å². The van der Waals surface area contributed by atoms with Crippen molar-refractivity contribution in [2.75, 3.05) is 29.5 Å². The van der Waals surface area contributed by atoms with Gasteiger partial charge in [-0.05, 0) is 26.3 Å². The number of esters is 1. The molecule has 0 fully saturated rings. The van der Waals surface area contributed by atoms with Crippen molar-refractivity contribution in [3.05, 3.63) is 10.4 Å². The van der Waals surface area contributed by atoms with Gasteiger partial charge in [-0.15, -0.1) is 0 Å². The molecular formula is C15H27N7O4. The van der Waals surface area contributed by atoms with Gasteiger partial charge >= 0.3 is 5.97 Å². The van der Waals surface area contributed by atoms with Gasteiger partial charge in [-0.3, -0.25) is 14.6 Å². The summed E-state index contributed by atoms with van der Waals surface area (Å²) in [5.74, 6) is -0.278. The number of aliphatic hydroxyl groups excluding tert-OH is 1. The maximum atomic E-state index is 12.0. The molecule has 1 aliphatic rings. The van der Waals surface area contributed by atoms with E-state index < -0.39 is 35.8 Å². The lowest BCUT2D eigenvalue weighted by atomic mass is 10.0. The number of nitrogens with two attached hydrogens (primary N) is 3. The second-order valence-corrected chi connectivity index (χ2v) is 6.33. The molecule has 0 saturated carbocycles. The average Bonchev–Trinajstić information content (AvgIpc) is 2.60. The number of rotatable bonds is 8. The summed E-state index contributed by atoms with van der Waals surface area (Å²) in [5.41, 5.74) is 16.4. The first-order valence-electron chi connectivity index (χ1n) is 8.58. The summed E-state index contributed by atoms with van der Waals surface area (Å²) in [6, 6.07) is -1.32. The SMILES string of the molecule is CC(OC(=O)C(N)CCCCN)C(O)C1CNc2nc(N)[nH]c(=O)c2N1. The number of aromatic amines is 1. The molecule has 146 valence electrons. The van der Waals surface area contributed by atoms with Crippen LogP contribution < -0.4 is 33.4 Å². The van der Waals surface area contributed by atoms with Gasteiger partial charge in [0.15, 0.2) is 5.82 Å². The van der Waals surface area contributed by atoms with Gasteiger partial charge in [0.05, 0.1) is 6.04 Å². The number of nitrogen functional groups attached to an aromatic ring is 1. The topological polar surface area (TPSA) is 194 Å². The van der Waals surface area contributed by atoms with Crippen molar-refractivity contribution < 1.29 is 14.6 Å². The highest BCUT2D eigenvalue weighted by atomic mass is 16.6. The summed E-state index contributed by atoms with van der Waals surface area (Å²) in [6.45, 7) is 2.38. The van der Waals surface area contributed by atoms with Crippen LogP contribution >= 0.6 is 0 Å². The molecule has 0 saturated heterocycles. The van der Waals surface area contributed by atoms with E-state index in [1.807, 2.05) is 0 Å². The molecule has 2 rings (SSSR count). The fraction of sp³-hybridized carbons (Fsp3) is 0.667. The number of aliphatic hydroxyl groups is 1. The Hall–Kier alpha value is -2.37. The lowest BCUT2D eigenvalue weighted by Gasteiger charge is -2.33. The molecule has 0 amide bonds. The monoisotopic (exact) mass is 369 g/mol. The fourth-order valence-corrected chi connectivity index (χ4v) is 2.70. The first-order valence-corrected chi connectivity index (χ1v) is 8.58. The molecule has 26 heavy (non-hydrogen) atoms. The molecule has 0 aromatic carbocycles. The molecule has 0 aliphatic carbocycles. The molecule has 0 radical (unpaired) electrons. The van der Waals surface area contributed by atoms with Crippen LogP contribution in [-0.4, -0.2) is 58.4 Å². The Morgan fingerprint density at radius 1 is 1.46 bits per heavy atom. The Balaban J connectivity index is 1.93. The van der Waals surface area contributed by atoms with E-state index in [9.17, 15) is 14.7 Å². The Morgan fingerprint density at radius 2 is 2.19 bits per heavy atom. The molecule has 4 atom stereocenters. The number of aromatic nitrogens is 2.